The van der Waals surface area contributed by atoms with Crippen molar-refractivity contribution in [3.63, 3.8) is 0 Å². The molecule has 0 atom stereocenters. The zero-order chi connectivity index (χ0) is 27.3. The van der Waals surface area contributed by atoms with Crippen molar-refractivity contribution in [3.8, 4) is 0 Å². The summed E-state index contributed by atoms with van der Waals surface area (Å²) in [5.74, 6) is -3.60. The molecule has 2 rings (SSSR count). The number of Topliss-reactive ketones (excluding diaryl/α,β-unsaturated/α-hetero) is 2. The van der Waals surface area contributed by atoms with Gasteiger partial charge in [-0.25, -0.2) is 0 Å². The first-order valence-electron chi connectivity index (χ1n) is 10.3. The highest BCUT2D eigenvalue weighted by Gasteiger charge is 2.40. The largest absolute Gasteiger partial charge is 0.382 e. The van der Waals surface area contributed by atoms with Gasteiger partial charge in [-0.1, -0.05) is 95.3 Å². The predicted molar refractivity (Wildman–Crippen MR) is 135 cm³/mol. The van der Waals surface area contributed by atoms with E-state index in [4.69, 9.17) is 69.6 Å². The molecule has 12 nitrogen and oxygen atoms in total. The van der Waals surface area contributed by atoms with Gasteiger partial charge in [-0.05, 0) is 32.7 Å². The lowest BCUT2D eigenvalue weighted by Crippen LogP contribution is -2.23. The summed E-state index contributed by atoms with van der Waals surface area (Å²) in [6.07, 6.45) is 6.39. The minimum absolute atomic E-state index is 0.254. The van der Waals surface area contributed by atoms with Crippen LogP contribution in [0.15, 0.2) is 12.4 Å². The molecule has 0 fully saturated rings. The molecule has 0 spiro atoms. The molecular weight excluding hydrogens is 609 g/mol. The maximum absolute atomic E-state index is 12.2. The van der Waals surface area contributed by atoms with E-state index in [1.54, 1.807) is 0 Å². The highest BCUT2D eigenvalue weighted by molar-refractivity contribution is 6.77. The summed E-state index contributed by atoms with van der Waals surface area (Å²) < 4.78 is -2.01. The first kappa shape index (κ1) is 30.5. The fraction of sp³-hybridized carbons (Fsp3) is 0.556. The van der Waals surface area contributed by atoms with E-state index < -0.39 is 40.6 Å². The third-order valence-corrected chi connectivity index (χ3v) is 5.90. The van der Waals surface area contributed by atoms with Crippen molar-refractivity contribution in [2.45, 2.75) is 59.2 Å². The zero-order valence-electron chi connectivity index (χ0n) is 18.2. The second-order valence-corrected chi connectivity index (χ2v) is 12.1. The number of nitro groups is 2. The van der Waals surface area contributed by atoms with Crippen molar-refractivity contribution in [1.29, 1.82) is 0 Å². The van der Waals surface area contributed by atoms with Gasteiger partial charge >= 0.3 is 11.6 Å². The van der Waals surface area contributed by atoms with E-state index in [0.717, 1.165) is 38.1 Å². The maximum Gasteiger partial charge on any atom is 0.382 e. The minimum Gasteiger partial charge on any atom is -0.358 e. The summed E-state index contributed by atoms with van der Waals surface area (Å²) in [6.45, 7) is 0.508. The van der Waals surface area contributed by atoms with Crippen LogP contribution in [-0.2, 0) is 13.1 Å². The third kappa shape index (κ3) is 8.42. The van der Waals surface area contributed by atoms with E-state index in [9.17, 15) is 29.8 Å². The number of hydrogen-bond donors (Lipinski definition) is 0. The standard InChI is InChI=1S/C18H18Cl6N6O6/c19-17(20,21)13(31)15-25-11(29(33)34)9-27(15)7-5-3-1-2-4-6-8-28-10-12(30(35)36)26-16(28)14(32)18(22,23)24/h9-10H,1-8H2. The normalized spacial score (nSPS) is 12.1. The van der Waals surface area contributed by atoms with Crippen LogP contribution >= 0.6 is 69.6 Å². The number of imidazole rings is 2. The quantitative estimate of drug-likeness (QED) is 0.0856. The number of aryl methyl sites for hydroxylation is 2. The van der Waals surface area contributed by atoms with Crippen molar-refractivity contribution in [2.75, 3.05) is 0 Å². The van der Waals surface area contributed by atoms with Gasteiger partial charge in [-0.3, -0.25) is 9.59 Å². The van der Waals surface area contributed by atoms with Crippen molar-refractivity contribution in [3.05, 3.63) is 44.3 Å². The summed E-state index contributed by atoms with van der Waals surface area (Å²) in [7, 11) is 0. The van der Waals surface area contributed by atoms with Crippen LogP contribution in [-0.4, -0.2) is 48.1 Å². The van der Waals surface area contributed by atoms with Crippen molar-refractivity contribution >= 4 is 92.8 Å². The topological polar surface area (TPSA) is 156 Å². The Balaban J connectivity index is 1.84. The van der Waals surface area contributed by atoms with Gasteiger partial charge in [0.15, 0.2) is 0 Å². The average Bonchev–Trinajstić information content (AvgIpc) is 3.38. The molecule has 18 heteroatoms. The van der Waals surface area contributed by atoms with Crippen molar-refractivity contribution in [1.82, 2.24) is 19.1 Å². The Bertz CT molecular complexity index is 1050. The number of nitrogens with zero attached hydrogens (tertiary/aromatic N) is 6. The molecule has 2 aromatic rings. The highest BCUT2D eigenvalue weighted by atomic mass is 35.6. The van der Waals surface area contributed by atoms with Crippen LogP contribution in [0.1, 0.15) is 59.8 Å². The SMILES string of the molecule is O=C(c1nc([N+](=O)[O-])cn1CCCCCCCCn1cc([N+](=O)[O-])nc1C(=O)C(Cl)(Cl)Cl)C(Cl)(Cl)Cl. The number of carbonyl (C=O) groups is 2. The Morgan fingerprint density at radius 1 is 0.694 bits per heavy atom. The number of halogens is 6. The lowest BCUT2D eigenvalue weighted by atomic mass is 10.1. The summed E-state index contributed by atoms with van der Waals surface area (Å²) in [4.78, 5) is 52.3. The molecule has 0 aromatic carbocycles. The molecule has 0 amide bonds. The minimum atomic E-state index is -2.30. The third-order valence-electron chi connectivity index (χ3n) is 4.87. The fourth-order valence-electron chi connectivity index (χ4n) is 3.21. The van der Waals surface area contributed by atoms with E-state index >= 15 is 0 Å². The lowest BCUT2D eigenvalue weighted by molar-refractivity contribution is -0.389. The van der Waals surface area contributed by atoms with Gasteiger partial charge in [0.05, 0.1) is 0 Å². The molecule has 2 heterocycles. The Hall–Kier alpha value is -1.70. The average molecular weight is 627 g/mol. The molecule has 0 unspecified atom stereocenters. The molecule has 0 aliphatic rings. The molecule has 0 aliphatic heterocycles. The van der Waals surface area contributed by atoms with Gasteiger partial charge in [0.2, 0.25) is 0 Å². The van der Waals surface area contributed by atoms with Crippen LogP contribution < -0.4 is 0 Å². The van der Waals surface area contributed by atoms with Crippen molar-refractivity contribution < 1.29 is 19.4 Å². The van der Waals surface area contributed by atoms with Crippen LogP contribution in [0.5, 0.6) is 0 Å². The first-order valence-corrected chi connectivity index (χ1v) is 12.6. The van der Waals surface area contributed by atoms with Crippen LogP contribution in [0.3, 0.4) is 0 Å². The van der Waals surface area contributed by atoms with Gasteiger partial charge in [0, 0.05) is 13.1 Å². The molecule has 0 radical (unpaired) electrons. The van der Waals surface area contributed by atoms with Gasteiger partial charge in [0.25, 0.3) is 30.8 Å². The van der Waals surface area contributed by atoms with Crippen LogP contribution in [0.4, 0.5) is 11.6 Å². The van der Waals surface area contributed by atoms with E-state index in [0.29, 0.717) is 12.8 Å². The first-order chi connectivity index (χ1) is 16.6. The smallest absolute Gasteiger partial charge is 0.358 e. The fourth-order valence-corrected chi connectivity index (χ4v) is 3.72. The Morgan fingerprint density at radius 2 is 1.00 bits per heavy atom. The van der Waals surface area contributed by atoms with Crippen LogP contribution in [0, 0.1) is 20.2 Å². The molecule has 198 valence electrons. The number of hydrogen-bond acceptors (Lipinski definition) is 8. The van der Waals surface area contributed by atoms with E-state index in [1.165, 1.54) is 9.13 Å². The molecular formula is C18H18Cl6N6O6. The van der Waals surface area contributed by atoms with Gasteiger partial charge in [-0.15, -0.1) is 0 Å². The van der Waals surface area contributed by atoms with E-state index in [-0.39, 0.29) is 24.7 Å². The lowest BCUT2D eigenvalue weighted by Gasteiger charge is -2.09. The summed E-state index contributed by atoms with van der Waals surface area (Å²) >= 11 is 33.6. The number of carbonyl (C=O) groups excluding carboxylic acids is 2. The number of rotatable bonds is 13. The maximum atomic E-state index is 12.2. The number of alkyl halides is 6. The molecule has 0 saturated carbocycles. The number of unbranched alkanes of at least 4 members (excludes halogenated alkanes) is 5. The zero-order valence-corrected chi connectivity index (χ0v) is 22.7. The molecule has 2 aromatic heterocycles. The number of ketones is 2. The van der Waals surface area contributed by atoms with Crippen LogP contribution in [0.25, 0.3) is 0 Å². The number of aromatic nitrogens is 4. The molecule has 0 aliphatic carbocycles. The Kier molecular flexibility index (Phi) is 10.8. The van der Waals surface area contributed by atoms with E-state index in [2.05, 4.69) is 9.97 Å². The molecule has 0 N–H and O–H groups in total. The predicted octanol–water partition coefficient (Wildman–Crippen LogP) is 6.04. The van der Waals surface area contributed by atoms with E-state index in [1.807, 2.05) is 0 Å². The monoisotopic (exact) mass is 624 g/mol. The molecule has 0 saturated heterocycles. The Morgan fingerprint density at radius 3 is 1.28 bits per heavy atom. The second-order valence-electron chi connectivity index (χ2n) is 7.52. The summed E-state index contributed by atoms with van der Waals surface area (Å²) in [5, 5.41) is 22.0. The van der Waals surface area contributed by atoms with Gasteiger partial charge in [0.1, 0.15) is 12.4 Å². The molecule has 0 bridgehead atoms. The van der Waals surface area contributed by atoms with Crippen molar-refractivity contribution in [2.24, 2.45) is 0 Å². The Labute approximate surface area is 234 Å². The second kappa shape index (κ2) is 12.7. The summed E-state index contributed by atoms with van der Waals surface area (Å²) in [5.41, 5.74) is 0. The van der Waals surface area contributed by atoms with Gasteiger partial charge in [-0.2, -0.15) is 0 Å². The molecule has 36 heavy (non-hydrogen) atoms. The van der Waals surface area contributed by atoms with Crippen LogP contribution in [0.2, 0.25) is 0 Å². The van der Waals surface area contributed by atoms with Gasteiger partial charge < -0.3 is 29.4 Å². The highest BCUT2D eigenvalue weighted by Crippen LogP contribution is 2.32. The summed E-state index contributed by atoms with van der Waals surface area (Å²) in [6, 6.07) is 0.